The quantitative estimate of drug-likeness (QED) is 0.884. The van der Waals surface area contributed by atoms with Crippen LogP contribution in [0.1, 0.15) is 23.2 Å². The van der Waals surface area contributed by atoms with E-state index in [0.29, 0.717) is 12.5 Å². The predicted molar refractivity (Wildman–Crippen MR) is 69.3 cm³/mol. The van der Waals surface area contributed by atoms with Crippen LogP contribution in [0.5, 0.6) is 0 Å². The van der Waals surface area contributed by atoms with Crippen LogP contribution in [-0.2, 0) is 0 Å². The number of halogens is 2. The lowest BCUT2D eigenvalue weighted by Crippen LogP contribution is -2.36. The summed E-state index contributed by atoms with van der Waals surface area (Å²) in [6.07, 6.45) is 2.08. The molecule has 0 radical (unpaired) electrons. The fraction of sp³-hybridized carbons (Fsp3) is 0.462. The van der Waals surface area contributed by atoms with Gasteiger partial charge in [0.05, 0.1) is 10.6 Å². The molecule has 0 aliphatic carbocycles. The Bertz CT molecular complexity index is 433. The van der Waals surface area contributed by atoms with E-state index in [1.54, 1.807) is 6.07 Å². The van der Waals surface area contributed by atoms with Gasteiger partial charge in [-0.1, -0.05) is 17.7 Å². The zero-order chi connectivity index (χ0) is 13.0. The summed E-state index contributed by atoms with van der Waals surface area (Å²) in [5.41, 5.74) is 0.0106. The van der Waals surface area contributed by atoms with Crippen LogP contribution < -0.4 is 10.6 Å². The third-order valence-corrected chi connectivity index (χ3v) is 3.50. The molecule has 1 amide bonds. The molecule has 2 rings (SSSR count). The van der Waals surface area contributed by atoms with Crippen LogP contribution in [0, 0.1) is 11.7 Å². The number of nitrogens with one attached hydrogen (secondary N) is 2. The van der Waals surface area contributed by atoms with E-state index in [9.17, 15) is 9.18 Å². The molecular weight excluding hydrogens is 255 g/mol. The lowest BCUT2D eigenvalue weighted by atomic mass is 9.98. The van der Waals surface area contributed by atoms with Gasteiger partial charge in [0, 0.05) is 6.54 Å². The molecule has 1 fully saturated rings. The van der Waals surface area contributed by atoms with E-state index in [-0.39, 0.29) is 10.6 Å². The van der Waals surface area contributed by atoms with Gasteiger partial charge < -0.3 is 10.6 Å². The Morgan fingerprint density at radius 2 is 2.17 bits per heavy atom. The Morgan fingerprint density at radius 1 is 1.44 bits per heavy atom. The number of benzene rings is 1. The van der Waals surface area contributed by atoms with Gasteiger partial charge in [-0.2, -0.15) is 0 Å². The van der Waals surface area contributed by atoms with Crippen molar-refractivity contribution < 1.29 is 9.18 Å². The van der Waals surface area contributed by atoms with E-state index in [0.717, 1.165) is 25.9 Å². The van der Waals surface area contributed by atoms with Gasteiger partial charge in [-0.05, 0) is 44.0 Å². The monoisotopic (exact) mass is 270 g/mol. The highest BCUT2D eigenvalue weighted by Gasteiger charge is 2.17. The van der Waals surface area contributed by atoms with E-state index >= 15 is 0 Å². The van der Waals surface area contributed by atoms with Crippen molar-refractivity contribution in [3.8, 4) is 0 Å². The molecule has 5 heteroatoms. The van der Waals surface area contributed by atoms with Crippen LogP contribution in [0.2, 0.25) is 5.02 Å². The van der Waals surface area contributed by atoms with Crippen molar-refractivity contribution in [1.82, 2.24) is 10.6 Å². The Kier molecular flexibility index (Phi) is 4.55. The summed E-state index contributed by atoms with van der Waals surface area (Å²) >= 11 is 5.64. The van der Waals surface area contributed by atoms with Crippen molar-refractivity contribution in [2.75, 3.05) is 19.6 Å². The van der Waals surface area contributed by atoms with Crippen molar-refractivity contribution in [3.05, 3.63) is 34.6 Å². The topological polar surface area (TPSA) is 41.1 Å². The maximum atomic E-state index is 13.6. The molecule has 3 nitrogen and oxygen atoms in total. The largest absolute Gasteiger partial charge is 0.352 e. The van der Waals surface area contributed by atoms with E-state index in [1.807, 2.05) is 0 Å². The van der Waals surface area contributed by atoms with E-state index < -0.39 is 11.7 Å². The second-order valence-electron chi connectivity index (χ2n) is 4.50. The molecule has 0 unspecified atom stereocenters. The van der Waals surface area contributed by atoms with E-state index in [1.165, 1.54) is 12.1 Å². The molecular formula is C13H16ClFN2O. The SMILES string of the molecule is O=C(NCC1CCNCC1)c1cccc(Cl)c1F. The third kappa shape index (κ3) is 3.21. The molecule has 1 aliphatic rings. The number of amides is 1. The van der Waals surface area contributed by atoms with Gasteiger partial charge in [-0.25, -0.2) is 4.39 Å². The number of piperidine rings is 1. The predicted octanol–water partition coefficient (Wildman–Crippen LogP) is 2.21. The summed E-state index contributed by atoms with van der Waals surface area (Å²) in [6, 6.07) is 4.45. The van der Waals surface area contributed by atoms with Crippen LogP contribution in [-0.4, -0.2) is 25.5 Å². The maximum Gasteiger partial charge on any atom is 0.254 e. The third-order valence-electron chi connectivity index (χ3n) is 3.21. The van der Waals surface area contributed by atoms with Gasteiger partial charge >= 0.3 is 0 Å². The van der Waals surface area contributed by atoms with Gasteiger partial charge in [-0.15, -0.1) is 0 Å². The molecule has 98 valence electrons. The summed E-state index contributed by atoms with van der Waals surface area (Å²) in [4.78, 5) is 11.8. The molecule has 1 aromatic rings. The molecule has 0 atom stereocenters. The molecule has 0 bridgehead atoms. The van der Waals surface area contributed by atoms with Gasteiger partial charge in [0.2, 0.25) is 0 Å². The van der Waals surface area contributed by atoms with Gasteiger partial charge in [0.15, 0.2) is 5.82 Å². The van der Waals surface area contributed by atoms with Crippen LogP contribution in [0.3, 0.4) is 0 Å². The molecule has 1 heterocycles. The fourth-order valence-electron chi connectivity index (χ4n) is 2.10. The highest BCUT2D eigenvalue weighted by Crippen LogP contribution is 2.18. The average molecular weight is 271 g/mol. The summed E-state index contributed by atoms with van der Waals surface area (Å²) in [7, 11) is 0. The van der Waals surface area contributed by atoms with Crippen molar-refractivity contribution in [2.45, 2.75) is 12.8 Å². The fourth-order valence-corrected chi connectivity index (χ4v) is 2.27. The van der Waals surface area contributed by atoms with Gasteiger partial charge in [0.25, 0.3) is 5.91 Å². The Hall–Kier alpha value is -1.13. The first kappa shape index (κ1) is 13.3. The molecule has 1 aromatic carbocycles. The Morgan fingerprint density at radius 3 is 2.89 bits per heavy atom. The zero-order valence-electron chi connectivity index (χ0n) is 10.0. The number of rotatable bonds is 3. The molecule has 0 saturated carbocycles. The van der Waals surface area contributed by atoms with Crippen molar-refractivity contribution in [2.24, 2.45) is 5.92 Å². The van der Waals surface area contributed by atoms with Crippen LogP contribution in [0.15, 0.2) is 18.2 Å². The number of carbonyl (C=O) groups is 1. The standard InChI is InChI=1S/C13H16ClFN2O/c14-11-3-1-2-10(12(11)15)13(18)17-8-9-4-6-16-7-5-9/h1-3,9,16H,4-8H2,(H,17,18). The molecule has 1 aliphatic heterocycles. The van der Waals surface area contributed by atoms with Crippen molar-refractivity contribution in [3.63, 3.8) is 0 Å². The number of hydrogen-bond donors (Lipinski definition) is 2. The normalized spacial score (nSPS) is 16.6. The summed E-state index contributed by atoms with van der Waals surface area (Å²) < 4.78 is 13.6. The first-order valence-corrected chi connectivity index (χ1v) is 6.49. The maximum absolute atomic E-state index is 13.6. The number of hydrogen-bond acceptors (Lipinski definition) is 2. The highest BCUT2D eigenvalue weighted by atomic mass is 35.5. The minimum atomic E-state index is -0.651. The summed E-state index contributed by atoms with van der Waals surface area (Å²) in [5, 5.41) is 6.01. The zero-order valence-corrected chi connectivity index (χ0v) is 10.8. The first-order chi connectivity index (χ1) is 8.68. The average Bonchev–Trinajstić information content (AvgIpc) is 2.40. The molecule has 0 aromatic heterocycles. The lowest BCUT2D eigenvalue weighted by Gasteiger charge is -2.22. The molecule has 18 heavy (non-hydrogen) atoms. The molecule has 2 N–H and O–H groups in total. The minimum Gasteiger partial charge on any atom is -0.352 e. The van der Waals surface area contributed by atoms with Crippen molar-refractivity contribution in [1.29, 1.82) is 0 Å². The smallest absolute Gasteiger partial charge is 0.254 e. The Balaban J connectivity index is 1.93. The van der Waals surface area contributed by atoms with Crippen LogP contribution in [0.4, 0.5) is 4.39 Å². The number of carbonyl (C=O) groups excluding carboxylic acids is 1. The minimum absolute atomic E-state index is 0.0106. The van der Waals surface area contributed by atoms with Crippen LogP contribution >= 0.6 is 11.6 Å². The summed E-state index contributed by atoms with van der Waals surface area (Å²) in [5.74, 6) is -0.576. The molecule has 0 spiro atoms. The molecule has 1 saturated heterocycles. The Labute approximate surface area is 111 Å². The lowest BCUT2D eigenvalue weighted by molar-refractivity contribution is 0.0940. The summed E-state index contributed by atoms with van der Waals surface area (Å²) in [6.45, 7) is 2.55. The van der Waals surface area contributed by atoms with Gasteiger partial charge in [0.1, 0.15) is 0 Å². The second kappa shape index (κ2) is 6.16. The second-order valence-corrected chi connectivity index (χ2v) is 4.91. The van der Waals surface area contributed by atoms with Gasteiger partial charge in [-0.3, -0.25) is 4.79 Å². The van der Waals surface area contributed by atoms with Crippen molar-refractivity contribution >= 4 is 17.5 Å². The first-order valence-electron chi connectivity index (χ1n) is 6.11. The highest BCUT2D eigenvalue weighted by molar-refractivity contribution is 6.31. The van der Waals surface area contributed by atoms with Crippen LogP contribution in [0.25, 0.3) is 0 Å². The van der Waals surface area contributed by atoms with E-state index in [2.05, 4.69) is 10.6 Å². The van der Waals surface area contributed by atoms with E-state index in [4.69, 9.17) is 11.6 Å².